The first-order valence-electron chi connectivity index (χ1n) is 7.41. The monoisotopic (exact) mass is 321 g/mol. The molecule has 0 heterocycles. The van der Waals surface area contributed by atoms with Crippen LogP contribution < -0.4 is 27.5 Å². The van der Waals surface area contributed by atoms with Gasteiger partial charge in [0, 0.05) is 13.0 Å². The lowest BCUT2D eigenvalue weighted by Gasteiger charge is -2.16. The number of nitrogens with one attached hydrogen (secondary N) is 1. The summed E-state index contributed by atoms with van der Waals surface area (Å²) < 4.78 is 0. The van der Waals surface area contributed by atoms with E-state index in [1.807, 2.05) is 13.8 Å². The Morgan fingerprint density at radius 2 is 2.17 bits per heavy atom. The number of hydrogen-bond donors (Lipinski definition) is 5. The Kier molecular flexibility index (Phi) is 7.53. The molecule has 0 aliphatic heterocycles. The molecule has 0 fully saturated rings. The zero-order valence-corrected chi connectivity index (χ0v) is 13.4. The van der Waals surface area contributed by atoms with Gasteiger partial charge in [0.05, 0.1) is 5.69 Å². The van der Waals surface area contributed by atoms with E-state index in [0.29, 0.717) is 23.6 Å². The molecule has 1 rings (SSSR count). The Balaban J connectivity index is 2.86. The van der Waals surface area contributed by atoms with Gasteiger partial charge in [-0.05, 0) is 29.1 Å². The first-order valence-corrected chi connectivity index (χ1v) is 7.41. The van der Waals surface area contributed by atoms with Crippen LogP contribution in [0.15, 0.2) is 23.3 Å². The molecule has 0 saturated carbocycles. The van der Waals surface area contributed by atoms with Crippen molar-refractivity contribution in [2.45, 2.75) is 33.2 Å². The predicted octanol–water partition coefficient (Wildman–Crippen LogP) is -0.999. The third-order valence-corrected chi connectivity index (χ3v) is 3.51. The van der Waals surface area contributed by atoms with E-state index in [1.54, 1.807) is 12.1 Å². The van der Waals surface area contributed by atoms with Gasteiger partial charge in [-0.25, -0.2) is 5.84 Å². The highest BCUT2D eigenvalue weighted by atomic mass is 16.4. The van der Waals surface area contributed by atoms with Crippen LogP contribution >= 0.6 is 0 Å². The first kappa shape index (κ1) is 19.0. The smallest absolute Gasteiger partial charge is 0.423 e. The van der Waals surface area contributed by atoms with Crippen molar-refractivity contribution in [1.29, 1.82) is 0 Å². The summed E-state index contributed by atoms with van der Waals surface area (Å²) in [5, 5.41) is 26.0. The molecule has 0 aromatic heterocycles. The van der Waals surface area contributed by atoms with Gasteiger partial charge in [-0.3, -0.25) is 9.80 Å². The summed E-state index contributed by atoms with van der Waals surface area (Å²) in [6.07, 6.45) is 2.58. The third-order valence-electron chi connectivity index (χ3n) is 3.51. The molecule has 1 atom stereocenters. The number of rotatable bonds is 8. The Morgan fingerprint density at radius 1 is 1.48 bits per heavy atom. The minimum absolute atomic E-state index is 0.0519. The molecule has 0 saturated heterocycles. The molecule has 1 amide bonds. The molecule has 1 unspecified atom stereocenters. The molecular weight excluding hydrogens is 297 g/mol. The largest absolute Gasteiger partial charge is 0.488 e. The average molecular weight is 321 g/mol. The number of nitrogens with two attached hydrogens (primary N) is 2. The number of nitrogens with zero attached hydrogens (tertiary/aromatic N) is 2. The molecule has 1 aromatic carbocycles. The molecule has 1 aromatic rings. The summed E-state index contributed by atoms with van der Waals surface area (Å²) in [7, 11) is -1.65. The lowest BCUT2D eigenvalue weighted by molar-refractivity contribution is -0.122. The second kappa shape index (κ2) is 9.14. The van der Waals surface area contributed by atoms with Gasteiger partial charge in [0.1, 0.15) is 6.34 Å². The highest BCUT2D eigenvalue weighted by Crippen LogP contribution is 2.12. The molecule has 9 heteroatoms. The van der Waals surface area contributed by atoms with Gasteiger partial charge < -0.3 is 21.2 Å². The predicted molar refractivity (Wildman–Crippen MR) is 91.5 cm³/mol. The Hall–Kier alpha value is -2.10. The van der Waals surface area contributed by atoms with Gasteiger partial charge in [-0.2, -0.15) is 5.10 Å². The van der Waals surface area contributed by atoms with E-state index in [9.17, 15) is 14.8 Å². The summed E-state index contributed by atoms with van der Waals surface area (Å²) in [5.41, 5.74) is 1.41. The third kappa shape index (κ3) is 6.27. The summed E-state index contributed by atoms with van der Waals surface area (Å²) in [4.78, 5) is 11.8. The maximum atomic E-state index is 11.8. The number of hydrazone groups is 1. The van der Waals surface area contributed by atoms with Crippen molar-refractivity contribution in [3.63, 3.8) is 0 Å². The fraction of sp³-hybridized carbons (Fsp3) is 0.429. The van der Waals surface area contributed by atoms with Crippen molar-refractivity contribution in [1.82, 2.24) is 5.32 Å². The van der Waals surface area contributed by atoms with Crippen LogP contribution in [-0.4, -0.2) is 29.4 Å². The zero-order valence-electron chi connectivity index (χ0n) is 13.4. The molecule has 126 valence electrons. The summed E-state index contributed by atoms with van der Waals surface area (Å²) >= 11 is 0. The number of benzene rings is 1. The van der Waals surface area contributed by atoms with Crippen molar-refractivity contribution in [3.05, 3.63) is 23.8 Å². The maximum absolute atomic E-state index is 11.8. The van der Waals surface area contributed by atoms with Gasteiger partial charge in [0.25, 0.3) is 0 Å². The van der Waals surface area contributed by atoms with E-state index in [4.69, 9.17) is 11.7 Å². The normalized spacial score (nSPS) is 12.2. The molecule has 8 nitrogen and oxygen atoms in total. The van der Waals surface area contributed by atoms with Crippen LogP contribution in [0.1, 0.15) is 32.3 Å². The Morgan fingerprint density at radius 3 is 2.74 bits per heavy atom. The standard InChI is InChI=1S/C14H24BN5O3/c1-3-10(2)4-14(21)18-8-11-5-12(15(22)23)7-13(6-11)20(17)9-19-16/h5-7,9-10,22-23H,3-4,8,16-17H2,1-2H3,(H,18,21)/b19-9-. The van der Waals surface area contributed by atoms with Crippen LogP contribution in [0.4, 0.5) is 5.69 Å². The van der Waals surface area contributed by atoms with E-state index in [-0.39, 0.29) is 17.9 Å². The molecule has 7 N–H and O–H groups in total. The number of hydrazine groups is 1. The molecule has 0 spiro atoms. The number of carbonyl (C=O) groups is 1. The van der Waals surface area contributed by atoms with E-state index < -0.39 is 7.12 Å². The molecule has 0 aliphatic rings. The number of amides is 1. The Bertz CT molecular complexity index is 553. The Labute approximate surface area is 136 Å². The van der Waals surface area contributed by atoms with E-state index in [0.717, 1.165) is 11.4 Å². The molecule has 0 radical (unpaired) electrons. The van der Waals surface area contributed by atoms with Crippen LogP contribution in [0.3, 0.4) is 0 Å². The first-order chi connectivity index (χ1) is 10.9. The van der Waals surface area contributed by atoms with Gasteiger partial charge in [-0.15, -0.1) is 0 Å². The number of anilines is 1. The van der Waals surface area contributed by atoms with E-state index >= 15 is 0 Å². The molecule has 23 heavy (non-hydrogen) atoms. The van der Waals surface area contributed by atoms with Crippen LogP contribution in [0.5, 0.6) is 0 Å². The second-order valence-electron chi connectivity index (χ2n) is 5.47. The maximum Gasteiger partial charge on any atom is 0.488 e. The minimum Gasteiger partial charge on any atom is -0.423 e. The topological polar surface area (TPSA) is 137 Å². The average Bonchev–Trinajstić information content (AvgIpc) is 2.52. The lowest BCUT2D eigenvalue weighted by Crippen LogP contribution is -2.35. The minimum atomic E-state index is -1.65. The van der Waals surface area contributed by atoms with Crippen LogP contribution in [0, 0.1) is 5.92 Å². The van der Waals surface area contributed by atoms with Gasteiger partial charge in [-0.1, -0.05) is 26.3 Å². The van der Waals surface area contributed by atoms with Crippen molar-refractivity contribution in [3.8, 4) is 0 Å². The van der Waals surface area contributed by atoms with Crippen molar-refractivity contribution in [2.24, 2.45) is 22.7 Å². The van der Waals surface area contributed by atoms with Crippen molar-refractivity contribution in [2.75, 3.05) is 5.01 Å². The van der Waals surface area contributed by atoms with Crippen molar-refractivity contribution < 1.29 is 14.8 Å². The van der Waals surface area contributed by atoms with Crippen LogP contribution in [0.25, 0.3) is 0 Å². The van der Waals surface area contributed by atoms with E-state index in [2.05, 4.69) is 10.4 Å². The van der Waals surface area contributed by atoms with Gasteiger partial charge >= 0.3 is 7.12 Å². The van der Waals surface area contributed by atoms with Gasteiger partial charge in [0.15, 0.2) is 0 Å². The van der Waals surface area contributed by atoms with Crippen LogP contribution in [-0.2, 0) is 11.3 Å². The van der Waals surface area contributed by atoms with Gasteiger partial charge in [0.2, 0.25) is 5.91 Å². The summed E-state index contributed by atoms with van der Waals surface area (Å²) in [5.74, 6) is 11.1. The highest BCUT2D eigenvalue weighted by molar-refractivity contribution is 6.58. The van der Waals surface area contributed by atoms with Crippen LogP contribution in [0.2, 0.25) is 0 Å². The van der Waals surface area contributed by atoms with Crippen molar-refractivity contribution >= 4 is 30.5 Å². The number of hydrogen-bond acceptors (Lipinski definition) is 6. The zero-order chi connectivity index (χ0) is 17.4. The van der Waals surface area contributed by atoms with E-state index in [1.165, 1.54) is 12.4 Å². The molecular formula is C14H24BN5O3. The number of carbonyl (C=O) groups excluding carboxylic acids is 1. The fourth-order valence-electron chi connectivity index (χ4n) is 1.97. The highest BCUT2D eigenvalue weighted by Gasteiger charge is 2.15. The fourth-order valence-corrected chi connectivity index (χ4v) is 1.97. The lowest BCUT2D eigenvalue weighted by atomic mass is 9.79. The summed E-state index contributed by atoms with van der Waals surface area (Å²) in [6.45, 7) is 4.31. The molecule has 0 bridgehead atoms. The second-order valence-corrected chi connectivity index (χ2v) is 5.47. The summed E-state index contributed by atoms with van der Waals surface area (Å²) in [6, 6.07) is 4.79. The molecule has 0 aliphatic carbocycles. The quantitative estimate of drug-likeness (QED) is 0.137. The SMILES string of the molecule is CCC(C)CC(=O)NCc1cc(B(O)O)cc(N(N)/C=N\N)c1.